The number of methoxy groups -OCH3 is 1. The van der Waals surface area contributed by atoms with Crippen LogP contribution in [0.1, 0.15) is 11.6 Å². The summed E-state index contributed by atoms with van der Waals surface area (Å²) in [4.78, 5) is 4.70. The van der Waals surface area contributed by atoms with Gasteiger partial charge in [-0.15, -0.1) is 11.6 Å². The van der Waals surface area contributed by atoms with Crippen LogP contribution in [0.2, 0.25) is 0 Å². The molecule has 0 unspecified atom stereocenters. The van der Waals surface area contributed by atoms with E-state index in [0.717, 1.165) is 47.8 Å². The number of furan rings is 1. The van der Waals surface area contributed by atoms with E-state index in [4.69, 9.17) is 25.7 Å². The van der Waals surface area contributed by atoms with E-state index in [1.807, 2.05) is 24.3 Å². The van der Waals surface area contributed by atoms with Crippen molar-refractivity contribution in [1.82, 2.24) is 9.55 Å². The Bertz CT molecular complexity index is 719. The second-order valence-electron chi connectivity index (χ2n) is 4.78. The standard InChI is InChI=1S/C16H17ClN2O2/c1-20-14-6-2-5-13-16(14)18-15(7-9-17)19(13)10-8-12-4-3-11-21-12/h2-6,11H,7-10H2,1H3. The van der Waals surface area contributed by atoms with Crippen LogP contribution in [0.15, 0.2) is 41.0 Å². The zero-order valence-corrected chi connectivity index (χ0v) is 12.6. The Balaban J connectivity index is 1.99. The summed E-state index contributed by atoms with van der Waals surface area (Å²) >= 11 is 5.91. The molecule has 0 spiro atoms. The van der Waals surface area contributed by atoms with Gasteiger partial charge in [0.05, 0.1) is 18.9 Å². The molecule has 0 saturated carbocycles. The van der Waals surface area contributed by atoms with Gasteiger partial charge in [-0.1, -0.05) is 6.07 Å². The Morgan fingerprint density at radius 2 is 2.14 bits per heavy atom. The van der Waals surface area contributed by atoms with E-state index in [1.165, 1.54) is 0 Å². The molecule has 3 aromatic rings. The molecule has 0 amide bonds. The predicted molar refractivity (Wildman–Crippen MR) is 83.1 cm³/mol. The number of halogens is 1. The highest BCUT2D eigenvalue weighted by Crippen LogP contribution is 2.26. The number of aromatic nitrogens is 2. The molecule has 0 bridgehead atoms. The molecule has 0 fully saturated rings. The summed E-state index contributed by atoms with van der Waals surface area (Å²) in [5, 5.41) is 0. The number of hydrogen-bond donors (Lipinski definition) is 0. The zero-order valence-electron chi connectivity index (χ0n) is 11.9. The Kier molecular flexibility index (Phi) is 4.15. The third kappa shape index (κ3) is 2.76. The Hall–Kier alpha value is -1.94. The first kappa shape index (κ1) is 14.0. The van der Waals surface area contributed by atoms with Crippen molar-refractivity contribution >= 4 is 22.6 Å². The summed E-state index contributed by atoms with van der Waals surface area (Å²) in [6.45, 7) is 0.809. The van der Waals surface area contributed by atoms with Crippen LogP contribution < -0.4 is 4.74 Å². The maximum atomic E-state index is 5.91. The molecule has 0 aliphatic heterocycles. The van der Waals surface area contributed by atoms with Crippen LogP contribution in [-0.4, -0.2) is 22.5 Å². The van der Waals surface area contributed by atoms with Crippen molar-refractivity contribution in [3.05, 3.63) is 48.2 Å². The molecule has 0 aliphatic rings. The summed E-state index contributed by atoms with van der Waals surface area (Å²) in [5.74, 6) is 3.29. The van der Waals surface area contributed by atoms with Crippen molar-refractivity contribution in [2.24, 2.45) is 0 Å². The molecule has 0 saturated heterocycles. The second kappa shape index (κ2) is 6.22. The van der Waals surface area contributed by atoms with Gasteiger partial charge in [-0.2, -0.15) is 0 Å². The quantitative estimate of drug-likeness (QED) is 0.652. The minimum atomic E-state index is 0.548. The molecule has 5 heteroatoms. The Morgan fingerprint density at radius 3 is 2.86 bits per heavy atom. The first-order chi connectivity index (χ1) is 10.3. The molecule has 0 atom stereocenters. The van der Waals surface area contributed by atoms with Crippen molar-refractivity contribution < 1.29 is 9.15 Å². The maximum absolute atomic E-state index is 5.91. The van der Waals surface area contributed by atoms with E-state index in [0.29, 0.717) is 5.88 Å². The molecule has 2 aromatic heterocycles. The second-order valence-corrected chi connectivity index (χ2v) is 5.15. The molecule has 21 heavy (non-hydrogen) atoms. The number of para-hydroxylation sites is 1. The van der Waals surface area contributed by atoms with Crippen LogP contribution in [0.5, 0.6) is 5.75 Å². The Morgan fingerprint density at radius 1 is 1.24 bits per heavy atom. The maximum Gasteiger partial charge on any atom is 0.146 e. The van der Waals surface area contributed by atoms with E-state index >= 15 is 0 Å². The van der Waals surface area contributed by atoms with Crippen LogP contribution in [0.3, 0.4) is 0 Å². The van der Waals surface area contributed by atoms with Crippen molar-refractivity contribution in [2.45, 2.75) is 19.4 Å². The largest absolute Gasteiger partial charge is 0.494 e. The van der Waals surface area contributed by atoms with Crippen LogP contribution >= 0.6 is 11.6 Å². The molecular weight excluding hydrogens is 288 g/mol. The van der Waals surface area contributed by atoms with Gasteiger partial charge >= 0.3 is 0 Å². The molecular formula is C16H17ClN2O2. The van der Waals surface area contributed by atoms with E-state index in [2.05, 4.69) is 10.6 Å². The lowest BCUT2D eigenvalue weighted by Gasteiger charge is -2.07. The summed E-state index contributed by atoms with van der Waals surface area (Å²) < 4.78 is 13.0. The number of hydrogen-bond acceptors (Lipinski definition) is 3. The normalized spacial score (nSPS) is 11.1. The van der Waals surface area contributed by atoms with Gasteiger partial charge in [-0.05, 0) is 24.3 Å². The summed E-state index contributed by atoms with van der Waals surface area (Å²) in [7, 11) is 1.66. The first-order valence-electron chi connectivity index (χ1n) is 6.94. The zero-order chi connectivity index (χ0) is 14.7. The summed E-state index contributed by atoms with van der Waals surface area (Å²) in [6.07, 6.45) is 3.26. The summed E-state index contributed by atoms with van der Waals surface area (Å²) in [6, 6.07) is 9.86. The third-order valence-electron chi connectivity index (χ3n) is 3.52. The average molecular weight is 305 g/mol. The van der Waals surface area contributed by atoms with Gasteiger partial charge in [-0.25, -0.2) is 4.98 Å². The monoisotopic (exact) mass is 304 g/mol. The number of benzene rings is 1. The smallest absolute Gasteiger partial charge is 0.146 e. The molecule has 0 aliphatic carbocycles. The van der Waals surface area contributed by atoms with E-state index in [1.54, 1.807) is 13.4 Å². The lowest BCUT2D eigenvalue weighted by molar-refractivity contribution is 0.419. The number of ether oxygens (including phenoxy) is 1. The minimum Gasteiger partial charge on any atom is -0.494 e. The van der Waals surface area contributed by atoms with Crippen molar-refractivity contribution in [3.8, 4) is 5.75 Å². The highest BCUT2D eigenvalue weighted by molar-refractivity contribution is 6.17. The van der Waals surface area contributed by atoms with Gasteiger partial charge in [0.1, 0.15) is 22.9 Å². The molecule has 0 radical (unpaired) electrons. The number of nitrogens with zero attached hydrogens (tertiary/aromatic N) is 2. The van der Waals surface area contributed by atoms with Gasteiger partial charge in [0, 0.05) is 25.3 Å². The molecule has 0 N–H and O–H groups in total. The molecule has 3 rings (SSSR count). The number of fused-ring (bicyclic) bond motifs is 1. The van der Waals surface area contributed by atoms with Gasteiger partial charge in [0.15, 0.2) is 0 Å². The number of aryl methyl sites for hydroxylation is 3. The van der Waals surface area contributed by atoms with Crippen LogP contribution in [0.4, 0.5) is 0 Å². The number of imidazole rings is 1. The third-order valence-corrected chi connectivity index (χ3v) is 3.71. The number of alkyl halides is 1. The molecule has 1 aromatic carbocycles. The fourth-order valence-electron chi connectivity index (χ4n) is 2.54. The molecule has 4 nitrogen and oxygen atoms in total. The first-order valence-corrected chi connectivity index (χ1v) is 7.47. The van der Waals surface area contributed by atoms with Crippen molar-refractivity contribution in [2.75, 3.05) is 13.0 Å². The van der Waals surface area contributed by atoms with E-state index in [-0.39, 0.29) is 0 Å². The van der Waals surface area contributed by atoms with E-state index < -0.39 is 0 Å². The lowest BCUT2D eigenvalue weighted by atomic mass is 10.2. The van der Waals surface area contributed by atoms with Gasteiger partial charge < -0.3 is 13.7 Å². The van der Waals surface area contributed by atoms with Gasteiger partial charge in [0.2, 0.25) is 0 Å². The molecule has 2 heterocycles. The van der Waals surface area contributed by atoms with Crippen LogP contribution in [0, 0.1) is 0 Å². The van der Waals surface area contributed by atoms with Crippen LogP contribution in [-0.2, 0) is 19.4 Å². The predicted octanol–water partition coefficient (Wildman–Crippen LogP) is 3.66. The van der Waals surface area contributed by atoms with E-state index in [9.17, 15) is 0 Å². The summed E-state index contributed by atoms with van der Waals surface area (Å²) in [5.41, 5.74) is 1.96. The fraction of sp³-hybridized carbons (Fsp3) is 0.312. The SMILES string of the molecule is COc1cccc2c1nc(CCCl)n2CCc1ccco1. The lowest BCUT2D eigenvalue weighted by Crippen LogP contribution is -2.06. The molecule has 110 valence electrons. The highest BCUT2D eigenvalue weighted by atomic mass is 35.5. The number of rotatable bonds is 6. The Labute approximate surface area is 128 Å². The average Bonchev–Trinajstić information content (AvgIpc) is 3.12. The van der Waals surface area contributed by atoms with Crippen molar-refractivity contribution in [1.29, 1.82) is 0 Å². The van der Waals surface area contributed by atoms with Gasteiger partial charge in [0.25, 0.3) is 0 Å². The topological polar surface area (TPSA) is 40.2 Å². The highest BCUT2D eigenvalue weighted by Gasteiger charge is 2.14. The van der Waals surface area contributed by atoms with Crippen LogP contribution in [0.25, 0.3) is 11.0 Å². The van der Waals surface area contributed by atoms with Gasteiger partial charge in [-0.3, -0.25) is 0 Å². The van der Waals surface area contributed by atoms with Crippen molar-refractivity contribution in [3.63, 3.8) is 0 Å². The fourth-order valence-corrected chi connectivity index (χ4v) is 2.70. The minimum absolute atomic E-state index is 0.548.